The van der Waals surface area contributed by atoms with Crippen LogP contribution in [-0.4, -0.2) is 51.2 Å². The van der Waals surface area contributed by atoms with Gasteiger partial charge in [-0.25, -0.2) is 0 Å². The van der Waals surface area contributed by atoms with Crippen molar-refractivity contribution in [1.82, 2.24) is 0 Å². The average molecular weight is 260 g/mol. The molecule has 101 valence electrons. The normalized spacial score (nSPS) is 31.1. The molecule has 4 heteroatoms. The number of hydrogen-bond donors (Lipinski definition) is 0. The number of epoxide rings is 3. The van der Waals surface area contributed by atoms with Crippen molar-refractivity contribution in [3.63, 3.8) is 0 Å². The van der Waals surface area contributed by atoms with Crippen LogP contribution in [0.1, 0.15) is 5.56 Å². The smallest absolute Gasteiger partial charge is 0.0984 e. The molecule has 0 aromatic heterocycles. The quantitative estimate of drug-likeness (QED) is 0.692. The third-order valence-corrected chi connectivity index (χ3v) is 3.65. The van der Waals surface area contributed by atoms with E-state index in [0.717, 1.165) is 32.9 Å². The summed E-state index contributed by atoms with van der Waals surface area (Å²) in [7, 11) is 0. The lowest BCUT2D eigenvalue weighted by molar-refractivity contribution is 0.389. The molecule has 3 heterocycles. The van der Waals surface area contributed by atoms with Crippen molar-refractivity contribution in [2.45, 2.75) is 18.3 Å². The fourth-order valence-electron chi connectivity index (χ4n) is 2.29. The predicted molar refractivity (Wildman–Crippen MR) is 71.3 cm³/mol. The number of anilines is 1. The van der Waals surface area contributed by atoms with Gasteiger partial charge in [0.25, 0.3) is 0 Å². The summed E-state index contributed by atoms with van der Waals surface area (Å²) in [5.41, 5.74) is 2.48. The molecule has 3 saturated heterocycles. The zero-order valence-electron chi connectivity index (χ0n) is 10.8. The molecule has 0 N–H and O–H groups in total. The van der Waals surface area contributed by atoms with Gasteiger partial charge >= 0.3 is 0 Å². The van der Waals surface area contributed by atoms with Crippen molar-refractivity contribution in [2.24, 2.45) is 0 Å². The summed E-state index contributed by atoms with van der Waals surface area (Å²) >= 11 is 0. The van der Waals surface area contributed by atoms with Crippen LogP contribution in [0.2, 0.25) is 0 Å². The van der Waals surface area contributed by atoms with Crippen LogP contribution >= 0.6 is 0 Å². The minimum absolute atomic E-state index is 0.335. The van der Waals surface area contributed by atoms with Gasteiger partial charge in [0.05, 0.1) is 38.1 Å². The summed E-state index contributed by atoms with van der Waals surface area (Å²) in [6.07, 6.45) is 3.32. The molecule has 1 aromatic rings. The topological polar surface area (TPSA) is 40.8 Å². The Hall–Kier alpha value is -1.10. The Labute approximate surface area is 113 Å². The van der Waals surface area contributed by atoms with E-state index in [1.165, 1.54) is 11.3 Å². The molecule has 0 spiro atoms. The van der Waals surface area contributed by atoms with Crippen molar-refractivity contribution in [1.29, 1.82) is 0 Å². The van der Waals surface area contributed by atoms with Gasteiger partial charge in [-0.15, -0.1) is 0 Å². The number of benzene rings is 1. The maximum Gasteiger partial charge on any atom is 0.0984 e. The summed E-state index contributed by atoms with van der Waals surface area (Å²) in [6.45, 7) is 4.59. The van der Waals surface area contributed by atoms with E-state index < -0.39 is 0 Å². The Morgan fingerprint density at radius 1 is 0.947 bits per heavy atom. The van der Waals surface area contributed by atoms with Crippen LogP contribution in [0.5, 0.6) is 0 Å². The van der Waals surface area contributed by atoms with Crippen LogP contribution in [-0.2, 0) is 14.2 Å². The molecule has 0 aliphatic carbocycles. The van der Waals surface area contributed by atoms with Gasteiger partial charge in [0.15, 0.2) is 0 Å². The Bertz CT molecular complexity index is 421. The first-order chi connectivity index (χ1) is 9.37. The van der Waals surface area contributed by atoms with Crippen LogP contribution in [0, 0.1) is 6.42 Å². The number of nitrogens with zero attached hydrogens (tertiary/aromatic N) is 1. The molecule has 3 fully saturated rings. The van der Waals surface area contributed by atoms with Crippen LogP contribution in [0.25, 0.3) is 0 Å². The van der Waals surface area contributed by atoms with Gasteiger partial charge < -0.3 is 19.1 Å². The second-order valence-electron chi connectivity index (χ2n) is 5.45. The highest BCUT2D eigenvalue weighted by molar-refractivity contribution is 5.49. The molecule has 19 heavy (non-hydrogen) atoms. The highest BCUT2D eigenvalue weighted by atomic mass is 16.6. The molecule has 3 atom stereocenters. The fraction of sp³-hybridized carbons (Fsp3) is 0.533. The van der Waals surface area contributed by atoms with Crippen molar-refractivity contribution < 1.29 is 14.2 Å². The highest BCUT2D eigenvalue weighted by Gasteiger charge is 2.31. The van der Waals surface area contributed by atoms with E-state index in [1.54, 1.807) is 0 Å². The molecule has 4 nitrogen and oxygen atoms in total. The van der Waals surface area contributed by atoms with Gasteiger partial charge in [-0.05, 0) is 17.7 Å². The van der Waals surface area contributed by atoms with E-state index in [0.29, 0.717) is 18.3 Å². The van der Waals surface area contributed by atoms with Crippen molar-refractivity contribution in [2.75, 3.05) is 37.8 Å². The zero-order chi connectivity index (χ0) is 12.7. The van der Waals surface area contributed by atoms with E-state index in [-0.39, 0.29) is 0 Å². The molecule has 1 aromatic carbocycles. The third kappa shape index (κ3) is 3.26. The fourth-order valence-corrected chi connectivity index (χ4v) is 2.29. The lowest BCUT2D eigenvalue weighted by Gasteiger charge is -2.23. The summed E-state index contributed by atoms with van der Waals surface area (Å²) in [6, 6.07) is 8.68. The van der Waals surface area contributed by atoms with Crippen LogP contribution in [0.3, 0.4) is 0 Å². The van der Waals surface area contributed by atoms with Gasteiger partial charge in [0.2, 0.25) is 0 Å². The van der Waals surface area contributed by atoms with Crippen LogP contribution in [0.4, 0.5) is 5.69 Å². The van der Waals surface area contributed by atoms with Gasteiger partial charge in [-0.1, -0.05) is 12.1 Å². The monoisotopic (exact) mass is 260 g/mol. The molecule has 1 radical (unpaired) electrons. The Kier molecular flexibility index (Phi) is 2.94. The van der Waals surface area contributed by atoms with Crippen molar-refractivity contribution >= 4 is 5.69 Å². The molecular formula is C15H18NO3. The molecule has 0 saturated carbocycles. The summed E-state index contributed by atoms with van der Waals surface area (Å²) in [5.74, 6) is 0. The molecule has 3 unspecified atom stereocenters. The van der Waals surface area contributed by atoms with Crippen LogP contribution in [0.15, 0.2) is 24.3 Å². The van der Waals surface area contributed by atoms with Gasteiger partial charge in [0.1, 0.15) is 0 Å². The molecule has 4 rings (SSSR count). The van der Waals surface area contributed by atoms with E-state index in [4.69, 9.17) is 14.2 Å². The third-order valence-electron chi connectivity index (χ3n) is 3.65. The minimum atomic E-state index is 0.335. The standard InChI is InChI=1S/C15H18NO3/c1-3-12(4-2-11(1)5-13-8-17-13)16(6-14-9-18-14)7-15-10-19-15/h1-5,13-15H,6-10H2. The van der Waals surface area contributed by atoms with E-state index >= 15 is 0 Å². The lowest BCUT2D eigenvalue weighted by atomic mass is 10.1. The van der Waals surface area contributed by atoms with Gasteiger partial charge in [-0.2, -0.15) is 0 Å². The molecule has 0 amide bonds. The van der Waals surface area contributed by atoms with E-state index in [1.807, 2.05) is 0 Å². The summed E-state index contributed by atoms with van der Waals surface area (Å²) < 4.78 is 15.9. The first-order valence-corrected chi connectivity index (χ1v) is 6.91. The van der Waals surface area contributed by atoms with Crippen molar-refractivity contribution in [3.8, 4) is 0 Å². The SMILES string of the molecule is [CH](c1ccc(N(CC2CO2)CC2CO2)cc1)C1CO1. The zero-order valence-corrected chi connectivity index (χ0v) is 10.8. The second kappa shape index (κ2) is 4.78. The maximum atomic E-state index is 5.34. The minimum Gasteiger partial charge on any atom is -0.372 e. The molecule has 3 aliphatic heterocycles. The largest absolute Gasteiger partial charge is 0.372 e. The molecule has 3 aliphatic rings. The number of rotatable bonds is 7. The first-order valence-electron chi connectivity index (χ1n) is 6.91. The van der Waals surface area contributed by atoms with Crippen molar-refractivity contribution in [3.05, 3.63) is 36.2 Å². The predicted octanol–water partition coefficient (Wildman–Crippen LogP) is 1.24. The Morgan fingerprint density at radius 3 is 2.00 bits per heavy atom. The van der Waals surface area contributed by atoms with E-state index in [9.17, 15) is 0 Å². The first kappa shape index (κ1) is 11.7. The van der Waals surface area contributed by atoms with Gasteiger partial charge in [0, 0.05) is 25.2 Å². The molecule has 0 bridgehead atoms. The second-order valence-corrected chi connectivity index (χ2v) is 5.45. The van der Waals surface area contributed by atoms with Gasteiger partial charge in [-0.3, -0.25) is 0 Å². The molecular weight excluding hydrogens is 242 g/mol. The summed E-state index contributed by atoms with van der Waals surface area (Å²) in [4.78, 5) is 2.37. The summed E-state index contributed by atoms with van der Waals surface area (Å²) in [5, 5.41) is 0. The maximum absolute atomic E-state index is 5.34. The average Bonchev–Trinajstić information content (AvgIpc) is 3.23. The number of hydrogen-bond acceptors (Lipinski definition) is 4. The highest BCUT2D eigenvalue weighted by Crippen LogP contribution is 2.24. The Morgan fingerprint density at radius 2 is 1.53 bits per heavy atom. The van der Waals surface area contributed by atoms with E-state index in [2.05, 4.69) is 35.6 Å². The number of ether oxygens (including phenoxy) is 3. The van der Waals surface area contributed by atoms with Crippen LogP contribution < -0.4 is 4.90 Å². The lowest BCUT2D eigenvalue weighted by Crippen LogP contribution is -2.31. The Balaban J connectivity index is 1.43.